The van der Waals surface area contributed by atoms with Gasteiger partial charge >= 0.3 is 0 Å². The molecule has 0 bridgehead atoms. The van der Waals surface area contributed by atoms with Gasteiger partial charge < -0.3 is 10.5 Å². The number of nitrogens with two attached hydrogens (primary N) is 1. The van der Waals surface area contributed by atoms with Gasteiger partial charge in [-0.25, -0.2) is 4.98 Å². The average molecular weight is 219 g/mol. The van der Waals surface area contributed by atoms with Gasteiger partial charge in [0.1, 0.15) is 0 Å². The van der Waals surface area contributed by atoms with E-state index in [0.717, 1.165) is 17.1 Å². The van der Waals surface area contributed by atoms with Crippen molar-refractivity contribution in [1.29, 1.82) is 0 Å². The van der Waals surface area contributed by atoms with E-state index in [1.165, 1.54) is 0 Å². The Kier molecular flexibility index (Phi) is 3.10. The van der Waals surface area contributed by atoms with Crippen molar-refractivity contribution in [3.63, 3.8) is 0 Å². The van der Waals surface area contributed by atoms with Gasteiger partial charge in [0.25, 0.3) is 0 Å². The normalized spacial score (nSPS) is 11.2. The number of imidazole rings is 1. The molecule has 86 valence electrons. The largest absolute Gasteiger partial charge is 0.489 e. The Hall–Kier alpha value is -1.55. The Morgan fingerprint density at radius 2 is 2.31 bits per heavy atom. The van der Waals surface area contributed by atoms with Gasteiger partial charge in [-0.1, -0.05) is 13.8 Å². The third-order valence-corrected chi connectivity index (χ3v) is 2.36. The van der Waals surface area contributed by atoms with Crippen molar-refractivity contribution in [2.24, 2.45) is 11.7 Å². The summed E-state index contributed by atoms with van der Waals surface area (Å²) in [4.78, 5) is 4.33. The van der Waals surface area contributed by atoms with Crippen molar-refractivity contribution in [2.75, 3.05) is 6.61 Å². The maximum absolute atomic E-state index is 5.71. The molecule has 0 aliphatic heterocycles. The first-order valence-corrected chi connectivity index (χ1v) is 5.50. The third-order valence-electron chi connectivity index (χ3n) is 2.36. The molecule has 2 rings (SSSR count). The van der Waals surface area contributed by atoms with E-state index in [1.54, 1.807) is 6.20 Å². The third kappa shape index (κ3) is 2.02. The van der Waals surface area contributed by atoms with Crippen LogP contribution in [0.15, 0.2) is 24.5 Å². The number of pyridine rings is 1. The summed E-state index contributed by atoms with van der Waals surface area (Å²) in [6.07, 6.45) is 3.74. The minimum Gasteiger partial charge on any atom is -0.489 e. The van der Waals surface area contributed by atoms with Crippen LogP contribution in [0, 0.1) is 5.92 Å². The fourth-order valence-corrected chi connectivity index (χ4v) is 1.56. The van der Waals surface area contributed by atoms with E-state index in [0.29, 0.717) is 19.1 Å². The highest BCUT2D eigenvalue weighted by Crippen LogP contribution is 2.19. The van der Waals surface area contributed by atoms with Gasteiger partial charge in [-0.15, -0.1) is 0 Å². The number of aromatic nitrogens is 2. The molecule has 0 aliphatic carbocycles. The number of hydrogen-bond donors (Lipinski definition) is 1. The number of rotatable bonds is 4. The molecule has 2 aromatic rings. The van der Waals surface area contributed by atoms with Crippen LogP contribution in [-0.2, 0) is 6.54 Å². The molecule has 0 spiro atoms. The van der Waals surface area contributed by atoms with Crippen LogP contribution in [0.2, 0.25) is 0 Å². The zero-order valence-corrected chi connectivity index (χ0v) is 9.68. The molecule has 2 heterocycles. The molecule has 0 aliphatic rings. The lowest BCUT2D eigenvalue weighted by atomic mass is 10.2. The van der Waals surface area contributed by atoms with Crippen LogP contribution in [0.1, 0.15) is 19.5 Å². The van der Waals surface area contributed by atoms with E-state index in [4.69, 9.17) is 10.5 Å². The van der Waals surface area contributed by atoms with Crippen molar-refractivity contribution in [3.8, 4) is 5.75 Å². The number of hydrogen-bond acceptors (Lipinski definition) is 3. The second-order valence-electron chi connectivity index (χ2n) is 4.22. The Balaban J connectivity index is 2.35. The molecule has 16 heavy (non-hydrogen) atoms. The molecule has 0 aromatic carbocycles. The highest BCUT2D eigenvalue weighted by molar-refractivity contribution is 5.54. The van der Waals surface area contributed by atoms with Gasteiger partial charge in [0.15, 0.2) is 11.4 Å². The quantitative estimate of drug-likeness (QED) is 0.853. The fourth-order valence-electron chi connectivity index (χ4n) is 1.56. The number of fused-ring (bicyclic) bond motifs is 1. The summed E-state index contributed by atoms with van der Waals surface area (Å²) in [5.41, 5.74) is 7.46. The molecule has 4 nitrogen and oxygen atoms in total. The second-order valence-corrected chi connectivity index (χ2v) is 4.22. The lowest BCUT2D eigenvalue weighted by molar-refractivity contribution is 0.272. The number of ether oxygens (including phenoxy) is 1. The maximum atomic E-state index is 5.71. The zero-order valence-electron chi connectivity index (χ0n) is 9.68. The Bertz CT molecular complexity index is 476. The lowest BCUT2D eigenvalue weighted by Crippen LogP contribution is -2.06. The van der Waals surface area contributed by atoms with Crippen LogP contribution in [0.25, 0.3) is 5.65 Å². The van der Waals surface area contributed by atoms with Gasteiger partial charge in [-0.2, -0.15) is 0 Å². The molecule has 0 radical (unpaired) electrons. The van der Waals surface area contributed by atoms with Gasteiger partial charge in [0.2, 0.25) is 0 Å². The molecule has 4 heteroatoms. The summed E-state index contributed by atoms with van der Waals surface area (Å²) in [5, 5.41) is 0. The summed E-state index contributed by atoms with van der Waals surface area (Å²) >= 11 is 0. The van der Waals surface area contributed by atoms with Gasteiger partial charge in [0, 0.05) is 12.7 Å². The van der Waals surface area contributed by atoms with Crippen molar-refractivity contribution in [1.82, 2.24) is 9.38 Å². The summed E-state index contributed by atoms with van der Waals surface area (Å²) in [6.45, 7) is 5.42. The SMILES string of the molecule is CC(C)COc1cccn2c(CN)cnc12. The van der Waals surface area contributed by atoms with Crippen LogP contribution >= 0.6 is 0 Å². The summed E-state index contributed by atoms with van der Waals surface area (Å²) < 4.78 is 7.68. The van der Waals surface area contributed by atoms with E-state index < -0.39 is 0 Å². The Morgan fingerprint density at radius 1 is 1.50 bits per heavy atom. The molecule has 0 amide bonds. The van der Waals surface area contributed by atoms with Crippen LogP contribution in [-0.4, -0.2) is 16.0 Å². The Morgan fingerprint density at radius 3 is 3.00 bits per heavy atom. The topological polar surface area (TPSA) is 52.5 Å². The lowest BCUT2D eigenvalue weighted by Gasteiger charge is -2.09. The van der Waals surface area contributed by atoms with Crippen LogP contribution in [0.5, 0.6) is 5.75 Å². The van der Waals surface area contributed by atoms with Gasteiger partial charge in [-0.05, 0) is 18.1 Å². The first kappa shape index (κ1) is 11.0. The second kappa shape index (κ2) is 4.53. The standard InChI is InChI=1S/C12H17N3O/c1-9(2)8-16-11-4-3-5-15-10(6-13)7-14-12(11)15/h3-5,7,9H,6,8,13H2,1-2H3. The summed E-state index contributed by atoms with van der Waals surface area (Å²) in [7, 11) is 0. The maximum Gasteiger partial charge on any atom is 0.179 e. The highest BCUT2D eigenvalue weighted by atomic mass is 16.5. The monoisotopic (exact) mass is 219 g/mol. The summed E-state index contributed by atoms with van der Waals surface area (Å²) in [6, 6.07) is 3.88. The molecule has 0 unspecified atom stereocenters. The first-order chi connectivity index (χ1) is 7.72. The molecule has 0 atom stereocenters. The van der Waals surface area contributed by atoms with Gasteiger partial charge in [-0.3, -0.25) is 4.40 Å². The fraction of sp³-hybridized carbons (Fsp3) is 0.417. The molecule has 0 fully saturated rings. The molecular weight excluding hydrogens is 202 g/mol. The number of nitrogens with zero attached hydrogens (tertiary/aromatic N) is 2. The van der Waals surface area contributed by atoms with Crippen molar-refractivity contribution < 1.29 is 4.74 Å². The minimum absolute atomic E-state index is 0.481. The first-order valence-electron chi connectivity index (χ1n) is 5.50. The minimum atomic E-state index is 0.481. The van der Waals surface area contributed by atoms with E-state index in [1.807, 2.05) is 22.7 Å². The molecular formula is C12H17N3O. The van der Waals surface area contributed by atoms with E-state index in [-0.39, 0.29) is 0 Å². The zero-order chi connectivity index (χ0) is 11.5. The van der Waals surface area contributed by atoms with Crippen molar-refractivity contribution in [2.45, 2.75) is 20.4 Å². The molecule has 2 aromatic heterocycles. The average Bonchev–Trinajstić information content (AvgIpc) is 2.69. The van der Waals surface area contributed by atoms with Crippen LogP contribution in [0.3, 0.4) is 0 Å². The van der Waals surface area contributed by atoms with Crippen molar-refractivity contribution >= 4 is 5.65 Å². The van der Waals surface area contributed by atoms with E-state index in [2.05, 4.69) is 18.8 Å². The highest BCUT2D eigenvalue weighted by Gasteiger charge is 2.07. The van der Waals surface area contributed by atoms with E-state index >= 15 is 0 Å². The predicted molar refractivity (Wildman–Crippen MR) is 63.4 cm³/mol. The molecule has 0 saturated heterocycles. The smallest absolute Gasteiger partial charge is 0.179 e. The van der Waals surface area contributed by atoms with Gasteiger partial charge in [0.05, 0.1) is 18.5 Å². The summed E-state index contributed by atoms with van der Waals surface area (Å²) in [5.74, 6) is 1.32. The predicted octanol–water partition coefficient (Wildman–Crippen LogP) is 1.83. The van der Waals surface area contributed by atoms with Crippen LogP contribution < -0.4 is 10.5 Å². The van der Waals surface area contributed by atoms with Crippen LogP contribution in [0.4, 0.5) is 0 Å². The Labute approximate surface area is 95.0 Å². The molecule has 2 N–H and O–H groups in total. The van der Waals surface area contributed by atoms with E-state index in [9.17, 15) is 0 Å². The van der Waals surface area contributed by atoms with Crippen molar-refractivity contribution in [3.05, 3.63) is 30.2 Å². The molecule has 0 saturated carbocycles.